The second kappa shape index (κ2) is 9.70. The molecule has 1 spiro atoms. The van der Waals surface area contributed by atoms with Gasteiger partial charge in [0, 0.05) is 49.2 Å². The minimum Gasteiger partial charge on any atom is -0.381 e. The van der Waals surface area contributed by atoms with Crippen LogP contribution in [0.1, 0.15) is 45.4 Å². The van der Waals surface area contributed by atoms with Crippen molar-refractivity contribution in [1.82, 2.24) is 10.2 Å². The first-order chi connectivity index (χ1) is 10.8. The molecule has 134 valence electrons. The van der Waals surface area contributed by atoms with Crippen molar-refractivity contribution in [2.75, 3.05) is 45.1 Å². The highest BCUT2D eigenvalue weighted by Crippen LogP contribution is 2.42. The van der Waals surface area contributed by atoms with E-state index in [1.807, 2.05) is 0 Å². The molecule has 0 aromatic carbocycles. The summed E-state index contributed by atoms with van der Waals surface area (Å²) in [5, 5.41) is 3.52. The van der Waals surface area contributed by atoms with E-state index in [2.05, 4.69) is 28.9 Å². The van der Waals surface area contributed by atoms with E-state index in [1.54, 1.807) is 0 Å². The first kappa shape index (κ1) is 19.6. The summed E-state index contributed by atoms with van der Waals surface area (Å²) in [6, 6.07) is 0. The molecule has 0 amide bonds. The molecule has 6 heteroatoms. The third kappa shape index (κ3) is 5.39. The van der Waals surface area contributed by atoms with Crippen molar-refractivity contribution in [1.29, 1.82) is 0 Å². The summed E-state index contributed by atoms with van der Waals surface area (Å²) in [5.41, 5.74) is 0. The third-order valence-corrected chi connectivity index (χ3v) is 6.71. The van der Waals surface area contributed by atoms with Crippen LogP contribution < -0.4 is 5.32 Å². The molecule has 0 bridgehead atoms. The average Bonchev–Trinajstić information content (AvgIpc) is 3.05. The molecule has 0 aromatic heterocycles. The number of nitrogens with one attached hydrogen (secondary N) is 1. The lowest BCUT2D eigenvalue weighted by atomic mass is 9.87. The van der Waals surface area contributed by atoms with Gasteiger partial charge in [0.25, 0.3) is 0 Å². The molecule has 2 saturated heterocycles. The van der Waals surface area contributed by atoms with E-state index >= 15 is 0 Å². The lowest BCUT2D eigenvalue weighted by molar-refractivity contribution is 0.187. The van der Waals surface area contributed by atoms with Gasteiger partial charge >= 0.3 is 0 Å². The Hall–Kier alpha value is 0.310. The first-order valence-corrected chi connectivity index (χ1v) is 10.0. The van der Waals surface area contributed by atoms with E-state index in [1.165, 1.54) is 50.8 Å². The van der Waals surface area contributed by atoms with Crippen LogP contribution in [0.5, 0.6) is 0 Å². The highest BCUT2D eigenvalue weighted by atomic mass is 127. The number of ether oxygens (including phenoxy) is 1. The Labute approximate surface area is 162 Å². The molecule has 4 nitrogen and oxygen atoms in total. The zero-order valence-electron chi connectivity index (χ0n) is 14.4. The summed E-state index contributed by atoms with van der Waals surface area (Å²) in [7, 11) is 0. The standard InChI is InChI=1S/C17H31N3OS.HI/c1-2-18-16(19-12-15-6-10-21-13-15)20-9-11-22-17(14-20)7-4-3-5-8-17;/h15H,2-14H2,1H3,(H,18,19);1H. The molecule has 2 aliphatic heterocycles. The second-order valence-electron chi connectivity index (χ2n) is 6.94. The highest BCUT2D eigenvalue weighted by Gasteiger charge is 2.38. The van der Waals surface area contributed by atoms with Gasteiger partial charge in [0.15, 0.2) is 5.96 Å². The van der Waals surface area contributed by atoms with E-state index in [0.29, 0.717) is 10.7 Å². The van der Waals surface area contributed by atoms with Gasteiger partial charge in [0.2, 0.25) is 0 Å². The van der Waals surface area contributed by atoms with Crippen LogP contribution in [0.4, 0.5) is 0 Å². The predicted octanol–water partition coefficient (Wildman–Crippen LogP) is 3.36. The van der Waals surface area contributed by atoms with Crippen LogP contribution in [0.2, 0.25) is 0 Å². The molecule has 3 fully saturated rings. The van der Waals surface area contributed by atoms with Crippen LogP contribution in [0, 0.1) is 5.92 Å². The highest BCUT2D eigenvalue weighted by molar-refractivity contribution is 14.0. The minimum atomic E-state index is 0. The van der Waals surface area contributed by atoms with Gasteiger partial charge in [0.05, 0.1) is 6.61 Å². The number of guanidine groups is 1. The molecule has 1 saturated carbocycles. The summed E-state index contributed by atoms with van der Waals surface area (Å²) in [4.78, 5) is 7.47. The quantitative estimate of drug-likeness (QED) is 0.404. The Morgan fingerprint density at radius 2 is 2.17 bits per heavy atom. The fourth-order valence-electron chi connectivity index (χ4n) is 3.89. The summed E-state index contributed by atoms with van der Waals surface area (Å²) >= 11 is 2.22. The Bertz CT molecular complexity index is 377. The van der Waals surface area contributed by atoms with E-state index in [-0.39, 0.29) is 24.0 Å². The van der Waals surface area contributed by atoms with Gasteiger partial charge < -0.3 is 15.0 Å². The van der Waals surface area contributed by atoms with Crippen LogP contribution in [-0.4, -0.2) is 60.8 Å². The molecule has 1 N–H and O–H groups in total. The molecule has 1 unspecified atom stereocenters. The Kier molecular flexibility index (Phi) is 8.28. The topological polar surface area (TPSA) is 36.9 Å². The number of nitrogens with zero attached hydrogens (tertiary/aromatic N) is 2. The van der Waals surface area contributed by atoms with Crippen LogP contribution in [0.15, 0.2) is 4.99 Å². The number of aliphatic imine (C=N–C) groups is 1. The second-order valence-corrected chi connectivity index (χ2v) is 8.50. The number of thioether (sulfide) groups is 1. The molecule has 0 aromatic rings. The molecular weight excluding hydrogens is 421 g/mol. The Balaban J connectivity index is 0.00000192. The van der Waals surface area contributed by atoms with Gasteiger partial charge in [0.1, 0.15) is 0 Å². The summed E-state index contributed by atoms with van der Waals surface area (Å²) in [6.45, 7) is 8.17. The Morgan fingerprint density at radius 1 is 1.35 bits per heavy atom. The molecule has 3 aliphatic rings. The normalized spacial score (nSPS) is 27.8. The number of hydrogen-bond donors (Lipinski definition) is 1. The van der Waals surface area contributed by atoms with Crippen molar-refractivity contribution < 1.29 is 4.74 Å². The van der Waals surface area contributed by atoms with E-state index in [4.69, 9.17) is 9.73 Å². The van der Waals surface area contributed by atoms with Crippen LogP contribution in [-0.2, 0) is 4.74 Å². The predicted molar refractivity (Wildman–Crippen MR) is 110 cm³/mol. The van der Waals surface area contributed by atoms with Crippen molar-refractivity contribution in [3.8, 4) is 0 Å². The largest absolute Gasteiger partial charge is 0.381 e. The molecular formula is C17H32IN3OS. The first-order valence-electron chi connectivity index (χ1n) is 9.06. The van der Waals surface area contributed by atoms with E-state index < -0.39 is 0 Å². The zero-order valence-corrected chi connectivity index (χ0v) is 17.5. The number of halogens is 1. The number of hydrogen-bond acceptors (Lipinski definition) is 3. The minimum absolute atomic E-state index is 0. The lowest BCUT2D eigenvalue weighted by Crippen LogP contribution is -2.53. The SMILES string of the molecule is CCNC(=NCC1CCOC1)N1CCSC2(CCCCC2)C1.I. The van der Waals surface area contributed by atoms with Crippen molar-refractivity contribution in [2.24, 2.45) is 10.9 Å². The lowest BCUT2D eigenvalue weighted by Gasteiger charge is -2.45. The molecule has 1 aliphatic carbocycles. The van der Waals surface area contributed by atoms with Gasteiger partial charge in [-0.05, 0) is 26.2 Å². The van der Waals surface area contributed by atoms with E-state index in [0.717, 1.165) is 38.8 Å². The van der Waals surface area contributed by atoms with Crippen molar-refractivity contribution in [2.45, 2.75) is 50.2 Å². The van der Waals surface area contributed by atoms with Gasteiger partial charge in [-0.25, -0.2) is 0 Å². The van der Waals surface area contributed by atoms with Gasteiger partial charge in [-0.3, -0.25) is 4.99 Å². The maximum atomic E-state index is 5.48. The molecule has 3 rings (SSSR count). The molecule has 1 atom stereocenters. The summed E-state index contributed by atoms with van der Waals surface area (Å²) in [5.74, 6) is 3.01. The Morgan fingerprint density at radius 3 is 2.87 bits per heavy atom. The molecule has 23 heavy (non-hydrogen) atoms. The fourth-order valence-corrected chi connectivity index (χ4v) is 5.46. The van der Waals surface area contributed by atoms with E-state index in [9.17, 15) is 0 Å². The van der Waals surface area contributed by atoms with Gasteiger partial charge in [-0.2, -0.15) is 11.8 Å². The maximum Gasteiger partial charge on any atom is 0.193 e. The molecule has 0 radical (unpaired) electrons. The number of rotatable bonds is 3. The van der Waals surface area contributed by atoms with Crippen molar-refractivity contribution in [3.63, 3.8) is 0 Å². The maximum absolute atomic E-state index is 5.48. The fraction of sp³-hybridized carbons (Fsp3) is 0.941. The summed E-state index contributed by atoms with van der Waals surface area (Å²) < 4.78 is 5.98. The smallest absolute Gasteiger partial charge is 0.193 e. The average molecular weight is 453 g/mol. The van der Waals surface area contributed by atoms with Gasteiger partial charge in [-0.15, -0.1) is 24.0 Å². The van der Waals surface area contributed by atoms with Crippen LogP contribution in [0.25, 0.3) is 0 Å². The monoisotopic (exact) mass is 453 g/mol. The van der Waals surface area contributed by atoms with Crippen LogP contribution >= 0.6 is 35.7 Å². The van der Waals surface area contributed by atoms with Gasteiger partial charge in [-0.1, -0.05) is 19.3 Å². The van der Waals surface area contributed by atoms with Crippen LogP contribution in [0.3, 0.4) is 0 Å². The third-order valence-electron chi connectivity index (χ3n) is 5.17. The zero-order chi connectivity index (χ0) is 15.3. The molecule has 2 heterocycles. The van der Waals surface area contributed by atoms with Crippen molar-refractivity contribution in [3.05, 3.63) is 0 Å². The summed E-state index contributed by atoms with van der Waals surface area (Å²) in [6.07, 6.45) is 8.21. The van der Waals surface area contributed by atoms with Crippen molar-refractivity contribution >= 4 is 41.7 Å².